The highest BCUT2D eigenvalue weighted by atomic mass is 16.3. The van der Waals surface area contributed by atoms with Gasteiger partial charge >= 0.3 is 0 Å². The summed E-state index contributed by atoms with van der Waals surface area (Å²) in [4.78, 5) is 0. The van der Waals surface area contributed by atoms with Crippen molar-refractivity contribution in [2.24, 2.45) is 5.92 Å². The normalized spacial score (nSPS) is 20.4. The Morgan fingerprint density at radius 3 is 2.53 bits per heavy atom. The molecule has 94 valence electrons. The number of hydrogen-bond acceptors (Lipinski definition) is 2. The second kappa shape index (κ2) is 6.18. The van der Waals surface area contributed by atoms with Crippen molar-refractivity contribution in [3.63, 3.8) is 0 Å². The van der Waals surface area contributed by atoms with Gasteiger partial charge in [-0.3, -0.25) is 0 Å². The molecule has 2 rings (SSSR count). The van der Waals surface area contributed by atoms with Crippen molar-refractivity contribution in [3.05, 3.63) is 35.9 Å². The molecule has 1 aliphatic rings. The van der Waals surface area contributed by atoms with Crippen LogP contribution < -0.4 is 5.32 Å². The Hall–Kier alpha value is -0.860. The molecule has 1 saturated carbocycles. The molecular formula is C15H23NO. The van der Waals surface area contributed by atoms with Crippen LogP contribution in [0.1, 0.15) is 44.3 Å². The van der Waals surface area contributed by atoms with Crippen molar-refractivity contribution in [3.8, 4) is 0 Å². The molecule has 2 nitrogen and oxygen atoms in total. The van der Waals surface area contributed by atoms with Crippen LogP contribution in [-0.2, 0) is 0 Å². The van der Waals surface area contributed by atoms with Crippen LogP contribution in [0.15, 0.2) is 30.3 Å². The molecule has 1 unspecified atom stereocenters. The summed E-state index contributed by atoms with van der Waals surface area (Å²) in [7, 11) is 0. The summed E-state index contributed by atoms with van der Waals surface area (Å²) in [6.45, 7) is 2.90. The van der Waals surface area contributed by atoms with Crippen LogP contribution in [0.5, 0.6) is 0 Å². The molecule has 1 fully saturated rings. The van der Waals surface area contributed by atoms with E-state index in [1.807, 2.05) is 30.3 Å². The second-order valence-corrected chi connectivity index (χ2v) is 5.17. The van der Waals surface area contributed by atoms with Gasteiger partial charge in [0.2, 0.25) is 0 Å². The minimum atomic E-state index is -0.389. The lowest BCUT2D eigenvalue weighted by Crippen LogP contribution is -2.35. The fourth-order valence-electron chi connectivity index (χ4n) is 2.71. The number of aliphatic hydroxyl groups excluding tert-OH is 1. The molecule has 0 amide bonds. The van der Waals surface area contributed by atoms with Gasteiger partial charge in [-0.2, -0.15) is 0 Å². The lowest BCUT2D eigenvalue weighted by Gasteiger charge is -2.22. The summed E-state index contributed by atoms with van der Waals surface area (Å²) in [5.41, 5.74) is 0.999. The Labute approximate surface area is 104 Å². The zero-order chi connectivity index (χ0) is 12.1. The van der Waals surface area contributed by atoms with Crippen LogP contribution in [0.25, 0.3) is 0 Å². The Balaban J connectivity index is 1.77. The van der Waals surface area contributed by atoms with Gasteiger partial charge < -0.3 is 10.4 Å². The van der Waals surface area contributed by atoms with Crippen LogP contribution in [0, 0.1) is 5.92 Å². The van der Waals surface area contributed by atoms with E-state index in [-0.39, 0.29) is 6.10 Å². The third-order valence-corrected chi connectivity index (χ3v) is 3.92. The van der Waals surface area contributed by atoms with Crippen molar-refractivity contribution in [1.82, 2.24) is 5.32 Å². The quantitative estimate of drug-likeness (QED) is 0.819. The summed E-state index contributed by atoms with van der Waals surface area (Å²) in [6.07, 6.45) is 5.04. The monoisotopic (exact) mass is 233 g/mol. The van der Waals surface area contributed by atoms with Crippen molar-refractivity contribution in [1.29, 1.82) is 0 Å². The molecular weight excluding hydrogens is 210 g/mol. The number of aliphatic hydroxyl groups is 1. The van der Waals surface area contributed by atoms with Gasteiger partial charge in [-0.15, -0.1) is 0 Å². The topological polar surface area (TPSA) is 32.3 Å². The van der Waals surface area contributed by atoms with Gasteiger partial charge in [0.05, 0.1) is 6.10 Å². The predicted octanol–water partition coefficient (Wildman–Crippen LogP) is 2.89. The van der Waals surface area contributed by atoms with E-state index in [1.54, 1.807) is 0 Å². The van der Waals surface area contributed by atoms with Crippen molar-refractivity contribution >= 4 is 0 Å². The Morgan fingerprint density at radius 1 is 1.24 bits per heavy atom. The molecule has 0 aliphatic heterocycles. The maximum Gasteiger partial charge on any atom is 0.0914 e. The van der Waals surface area contributed by atoms with E-state index in [1.165, 1.54) is 25.7 Å². The van der Waals surface area contributed by atoms with E-state index in [2.05, 4.69) is 12.2 Å². The van der Waals surface area contributed by atoms with Crippen molar-refractivity contribution in [2.75, 3.05) is 6.54 Å². The molecule has 0 heterocycles. The molecule has 1 aromatic carbocycles. The zero-order valence-corrected chi connectivity index (χ0v) is 10.6. The molecule has 0 bridgehead atoms. The Bertz CT molecular complexity index is 319. The van der Waals surface area contributed by atoms with Crippen LogP contribution in [0.3, 0.4) is 0 Å². The first-order chi connectivity index (χ1) is 8.27. The highest BCUT2D eigenvalue weighted by Gasteiger charge is 2.21. The maximum atomic E-state index is 10.0. The Kier molecular flexibility index (Phi) is 4.57. The summed E-state index contributed by atoms with van der Waals surface area (Å²) in [5, 5.41) is 13.5. The first kappa shape index (κ1) is 12.6. The highest BCUT2D eigenvalue weighted by Crippen LogP contribution is 2.27. The Morgan fingerprint density at radius 2 is 1.88 bits per heavy atom. The molecule has 2 N–H and O–H groups in total. The number of hydrogen-bond donors (Lipinski definition) is 2. The van der Waals surface area contributed by atoms with E-state index < -0.39 is 0 Å². The maximum absolute atomic E-state index is 10.0. The summed E-state index contributed by atoms with van der Waals surface area (Å²) in [5.74, 6) is 0.804. The molecule has 2 atom stereocenters. The number of rotatable bonds is 5. The third kappa shape index (κ3) is 3.55. The molecule has 1 aromatic rings. The molecule has 2 heteroatoms. The SMILES string of the molecule is C[C@@H](NCC(O)c1ccccc1)C1CCCC1. The minimum Gasteiger partial charge on any atom is -0.387 e. The van der Waals surface area contributed by atoms with Crippen LogP contribution in [0.4, 0.5) is 0 Å². The van der Waals surface area contributed by atoms with Gasteiger partial charge in [0.25, 0.3) is 0 Å². The van der Waals surface area contributed by atoms with E-state index in [4.69, 9.17) is 0 Å². The fourth-order valence-corrected chi connectivity index (χ4v) is 2.71. The van der Waals surface area contributed by atoms with E-state index >= 15 is 0 Å². The zero-order valence-electron chi connectivity index (χ0n) is 10.6. The first-order valence-electron chi connectivity index (χ1n) is 6.74. The van der Waals surface area contributed by atoms with E-state index in [0.717, 1.165) is 11.5 Å². The highest BCUT2D eigenvalue weighted by molar-refractivity contribution is 5.17. The van der Waals surface area contributed by atoms with Gasteiger partial charge in [0.1, 0.15) is 0 Å². The van der Waals surface area contributed by atoms with E-state index in [9.17, 15) is 5.11 Å². The lowest BCUT2D eigenvalue weighted by atomic mass is 9.99. The van der Waals surface area contributed by atoms with Gasteiger partial charge in [0, 0.05) is 12.6 Å². The van der Waals surface area contributed by atoms with Crippen LogP contribution >= 0.6 is 0 Å². The molecule has 0 spiro atoms. The van der Waals surface area contributed by atoms with Crippen LogP contribution in [0.2, 0.25) is 0 Å². The standard InChI is InChI=1S/C15H23NO/c1-12(13-7-5-6-8-13)16-11-15(17)14-9-3-2-4-10-14/h2-4,9-10,12-13,15-17H,5-8,11H2,1H3/t12-,15?/m1/s1. The summed E-state index contributed by atoms with van der Waals surface area (Å²) < 4.78 is 0. The van der Waals surface area contributed by atoms with Gasteiger partial charge in [-0.05, 0) is 31.2 Å². The minimum absolute atomic E-state index is 0.389. The summed E-state index contributed by atoms with van der Waals surface area (Å²) in [6, 6.07) is 10.4. The van der Waals surface area contributed by atoms with Crippen molar-refractivity contribution in [2.45, 2.75) is 44.8 Å². The van der Waals surface area contributed by atoms with Gasteiger partial charge in [-0.25, -0.2) is 0 Å². The van der Waals surface area contributed by atoms with Crippen LogP contribution in [-0.4, -0.2) is 17.7 Å². The first-order valence-corrected chi connectivity index (χ1v) is 6.74. The number of benzene rings is 1. The molecule has 17 heavy (non-hydrogen) atoms. The number of nitrogens with one attached hydrogen (secondary N) is 1. The van der Waals surface area contributed by atoms with Crippen molar-refractivity contribution < 1.29 is 5.11 Å². The third-order valence-electron chi connectivity index (χ3n) is 3.92. The van der Waals surface area contributed by atoms with E-state index in [0.29, 0.717) is 12.6 Å². The molecule has 1 aliphatic carbocycles. The average Bonchev–Trinajstić information content (AvgIpc) is 2.90. The fraction of sp³-hybridized carbons (Fsp3) is 0.600. The molecule has 0 radical (unpaired) electrons. The average molecular weight is 233 g/mol. The van der Waals surface area contributed by atoms with Gasteiger partial charge in [-0.1, -0.05) is 43.2 Å². The summed E-state index contributed by atoms with van der Waals surface area (Å²) >= 11 is 0. The van der Waals surface area contributed by atoms with Gasteiger partial charge in [0.15, 0.2) is 0 Å². The predicted molar refractivity (Wildman–Crippen MR) is 70.8 cm³/mol. The molecule has 0 aromatic heterocycles. The lowest BCUT2D eigenvalue weighted by molar-refractivity contribution is 0.165. The second-order valence-electron chi connectivity index (χ2n) is 5.17. The largest absolute Gasteiger partial charge is 0.387 e. The molecule has 0 saturated heterocycles. The smallest absolute Gasteiger partial charge is 0.0914 e.